The fourth-order valence-corrected chi connectivity index (χ4v) is 2.91. The van der Waals surface area contributed by atoms with Crippen molar-refractivity contribution in [1.29, 1.82) is 0 Å². The minimum absolute atomic E-state index is 0.116. The molecule has 0 spiro atoms. The Morgan fingerprint density at radius 3 is 2.84 bits per heavy atom. The smallest absolute Gasteiger partial charge is 0.224 e. The van der Waals surface area contributed by atoms with Gasteiger partial charge in [0.05, 0.1) is 0 Å². The molecule has 1 aromatic rings. The molecule has 1 aliphatic heterocycles. The number of carbonyl (C=O) groups is 1. The molecule has 4 nitrogen and oxygen atoms in total. The van der Waals surface area contributed by atoms with E-state index < -0.39 is 0 Å². The van der Waals surface area contributed by atoms with Gasteiger partial charge in [-0.15, -0.1) is 0 Å². The molecule has 4 N–H and O–H groups in total. The second kappa shape index (κ2) is 4.85. The summed E-state index contributed by atoms with van der Waals surface area (Å²) in [6.07, 6.45) is 5.19. The monoisotopic (exact) mass is 259 g/mol. The van der Waals surface area contributed by atoms with Gasteiger partial charge in [-0.2, -0.15) is 0 Å². The van der Waals surface area contributed by atoms with Crippen LogP contribution in [-0.4, -0.2) is 19.0 Å². The van der Waals surface area contributed by atoms with Crippen LogP contribution in [0, 0.1) is 5.41 Å². The fraction of sp³-hybridized carbons (Fsp3) is 0.533. The average molecular weight is 259 g/mol. The number of aryl methyl sites for hydroxylation is 1. The van der Waals surface area contributed by atoms with Crippen LogP contribution in [0.1, 0.15) is 31.2 Å². The molecule has 0 saturated heterocycles. The molecule has 4 heteroatoms. The summed E-state index contributed by atoms with van der Waals surface area (Å²) >= 11 is 0. The Morgan fingerprint density at radius 1 is 1.32 bits per heavy atom. The quantitative estimate of drug-likeness (QED) is 0.776. The zero-order valence-corrected chi connectivity index (χ0v) is 11.2. The van der Waals surface area contributed by atoms with Gasteiger partial charge in [0.2, 0.25) is 5.91 Å². The van der Waals surface area contributed by atoms with E-state index in [0.29, 0.717) is 11.8 Å². The van der Waals surface area contributed by atoms with Crippen LogP contribution in [0.4, 0.5) is 11.4 Å². The summed E-state index contributed by atoms with van der Waals surface area (Å²) in [5.41, 5.74) is 9.49. The lowest BCUT2D eigenvalue weighted by Crippen LogP contribution is -2.42. The molecule has 102 valence electrons. The van der Waals surface area contributed by atoms with Crippen LogP contribution < -0.4 is 16.4 Å². The van der Waals surface area contributed by atoms with E-state index in [1.165, 1.54) is 24.8 Å². The lowest BCUT2D eigenvalue weighted by atomic mass is 9.69. The lowest BCUT2D eigenvalue weighted by molar-refractivity contribution is -0.116. The number of nitrogens with one attached hydrogen (secondary N) is 2. The van der Waals surface area contributed by atoms with E-state index in [1.807, 2.05) is 12.1 Å². The van der Waals surface area contributed by atoms with Crippen LogP contribution >= 0.6 is 0 Å². The van der Waals surface area contributed by atoms with Crippen LogP contribution in [0.5, 0.6) is 0 Å². The predicted octanol–water partition coefficient (Wildman–Crippen LogP) is 2.11. The van der Waals surface area contributed by atoms with Gasteiger partial charge in [-0.1, -0.05) is 6.42 Å². The second-order valence-corrected chi connectivity index (χ2v) is 5.83. The van der Waals surface area contributed by atoms with E-state index >= 15 is 0 Å². The lowest BCUT2D eigenvalue weighted by Gasteiger charge is -2.41. The Hall–Kier alpha value is -1.55. The van der Waals surface area contributed by atoms with Gasteiger partial charge in [0.15, 0.2) is 0 Å². The zero-order valence-electron chi connectivity index (χ0n) is 11.2. The largest absolute Gasteiger partial charge is 0.384 e. The average Bonchev–Trinajstić information content (AvgIpc) is 2.38. The van der Waals surface area contributed by atoms with E-state index in [1.54, 1.807) is 0 Å². The van der Waals surface area contributed by atoms with E-state index in [-0.39, 0.29) is 5.91 Å². The summed E-state index contributed by atoms with van der Waals surface area (Å²) in [4.78, 5) is 11.3. The molecule has 1 heterocycles. The summed E-state index contributed by atoms with van der Waals surface area (Å²) < 4.78 is 0. The van der Waals surface area contributed by atoms with Crippen LogP contribution in [-0.2, 0) is 11.2 Å². The third kappa shape index (κ3) is 2.45. The first-order valence-corrected chi connectivity index (χ1v) is 7.08. The summed E-state index contributed by atoms with van der Waals surface area (Å²) in [7, 11) is 0. The molecule has 1 aliphatic carbocycles. The van der Waals surface area contributed by atoms with Crippen molar-refractivity contribution in [2.45, 2.75) is 32.1 Å². The Labute approximate surface area is 113 Å². The highest BCUT2D eigenvalue weighted by Gasteiger charge is 2.35. The highest BCUT2D eigenvalue weighted by atomic mass is 16.1. The van der Waals surface area contributed by atoms with Crippen LogP contribution in [0.3, 0.4) is 0 Å². The van der Waals surface area contributed by atoms with Gasteiger partial charge < -0.3 is 16.4 Å². The zero-order chi connectivity index (χ0) is 13.3. The molecule has 0 aromatic heterocycles. The molecule has 19 heavy (non-hydrogen) atoms. The molecule has 0 bridgehead atoms. The van der Waals surface area contributed by atoms with Crippen LogP contribution in [0.25, 0.3) is 0 Å². The molecular formula is C15H21N3O. The van der Waals surface area contributed by atoms with Crippen molar-refractivity contribution in [1.82, 2.24) is 0 Å². The first-order valence-electron chi connectivity index (χ1n) is 7.08. The maximum absolute atomic E-state index is 11.3. The van der Waals surface area contributed by atoms with Crippen molar-refractivity contribution in [2.75, 3.05) is 23.7 Å². The van der Waals surface area contributed by atoms with Crippen LogP contribution in [0.2, 0.25) is 0 Å². The third-order valence-electron chi connectivity index (χ3n) is 4.52. The number of benzene rings is 1. The summed E-state index contributed by atoms with van der Waals surface area (Å²) in [6.45, 7) is 1.72. The molecule has 1 aromatic carbocycles. The maximum Gasteiger partial charge on any atom is 0.224 e. The summed E-state index contributed by atoms with van der Waals surface area (Å²) in [5, 5.41) is 6.41. The second-order valence-electron chi connectivity index (χ2n) is 5.83. The van der Waals surface area contributed by atoms with Gasteiger partial charge in [-0.25, -0.2) is 0 Å². The Kier molecular flexibility index (Phi) is 3.19. The first kappa shape index (κ1) is 12.5. The van der Waals surface area contributed by atoms with Gasteiger partial charge >= 0.3 is 0 Å². The molecular weight excluding hydrogens is 238 g/mol. The summed E-state index contributed by atoms with van der Waals surface area (Å²) in [5.74, 6) is 0.116. The number of nitrogens with two attached hydrogens (primary N) is 1. The van der Waals surface area contributed by atoms with Crippen molar-refractivity contribution in [2.24, 2.45) is 11.1 Å². The van der Waals surface area contributed by atoms with E-state index in [4.69, 9.17) is 5.73 Å². The van der Waals surface area contributed by atoms with E-state index in [9.17, 15) is 4.79 Å². The molecule has 3 rings (SSSR count). The molecule has 2 aliphatic rings. The molecule has 1 amide bonds. The number of anilines is 2. The Balaban J connectivity index is 1.67. The van der Waals surface area contributed by atoms with Gasteiger partial charge in [0.1, 0.15) is 0 Å². The third-order valence-corrected chi connectivity index (χ3v) is 4.52. The summed E-state index contributed by atoms with van der Waals surface area (Å²) in [6, 6.07) is 6.18. The number of rotatable bonds is 4. The van der Waals surface area contributed by atoms with Gasteiger partial charge in [-0.05, 0) is 55.0 Å². The van der Waals surface area contributed by atoms with Crippen molar-refractivity contribution < 1.29 is 4.79 Å². The Morgan fingerprint density at radius 2 is 2.16 bits per heavy atom. The highest BCUT2D eigenvalue weighted by molar-refractivity contribution is 5.94. The predicted molar refractivity (Wildman–Crippen MR) is 77.2 cm³/mol. The number of hydrogen-bond donors (Lipinski definition) is 3. The van der Waals surface area contributed by atoms with E-state index in [0.717, 1.165) is 30.9 Å². The fourth-order valence-electron chi connectivity index (χ4n) is 2.91. The molecule has 0 radical (unpaired) electrons. The number of amides is 1. The topological polar surface area (TPSA) is 67.1 Å². The SMILES string of the molecule is NCC1(CNc2ccc3c(c2)CCC(=O)N3)CCC1. The number of carbonyl (C=O) groups excluding carboxylic acids is 1. The van der Waals surface area contributed by atoms with Gasteiger partial charge in [0.25, 0.3) is 0 Å². The van der Waals surface area contributed by atoms with Crippen molar-refractivity contribution in [3.63, 3.8) is 0 Å². The minimum Gasteiger partial charge on any atom is -0.384 e. The highest BCUT2D eigenvalue weighted by Crippen LogP contribution is 2.40. The van der Waals surface area contributed by atoms with E-state index in [2.05, 4.69) is 16.7 Å². The first-order chi connectivity index (χ1) is 9.21. The molecule has 0 atom stereocenters. The normalized spacial score (nSPS) is 20.2. The Bertz CT molecular complexity index is 489. The van der Waals surface area contributed by atoms with Crippen molar-refractivity contribution in [3.05, 3.63) is 23.8 Å². The molecule has 1 saturated carbocycles. The van der Waals surface area contributed by atoms with Gasteiger partial charge in [-0.3, -0.25) is 4.79 Å². The molecule has 0 unspecified atom stereocenters. The van der Waals surface area contributed by atoms with Crippen molar-refractivity contribution in [3.8, 4) is 0 Å². The maximum atomic E-state index is 11.3. The van der Waals surface area contributed by atoms with Gasteiger partial charge in [0, 0.05) is 24.3 Å². The standard InChI is InChI=1S/C15H21N3O/c16-9-15(6-1-7-15)10-17-12-3-4-13-11(8-12)2-5-14(19)18-13/h3-4,8,17H,1-2,5-7,9-10,16H2,(H,18,19). The number of hydrogen-bond acceptors (Lipinski definition) is 3. The molecule has 1 fully saturated rings. The van der Waals surface area contributed by atoms with Crippen molar-refractivity contribution >= 4 is 17.3 Å². The number of fused-ring (bicyclic) bond motifs is 1. The minimum atomic E-state index is 0.116. The van der Waals surface area contributed by atoms with Crippen LogP contribution in [0.15, 0.2) is 18.2 Å².